The molecule has 0 saturated heterocycles. The lowest BCUT2D eigenvalue weighted by molar-refractivity contribution is -0.137. The van der Waals surface area contributed by atoms with Crippen LogP contribution in [0.15, 0.2) is 18.2 Å². The van der Waals surface area contributed by atoms with Gasteiger partial charge in [-0.1, -0.05) is 6.07 Å². The lowest BCUT2D eigenvalue weighted by Crippen LogP contribution is -2.01. The van der Waals surface area contributed by atoms with Gasteiger partial charge >= 0.3 is 5.97 Å². The minimum absolute atomic E-state index is 0.150. The molecule has 0 spiro atoms. The lowest BCUT2D eigenvalue weighted by Gasteiger charge is -2.10. The number of hydrogen-bond donors (Lipinski definition) is 2. The molecule has 0 fully saturated rings. The quantitative estimate of drug-likeness (QED) is 0.724. The van der Waals surface area contributed by atoms with Crippen molar-refractivity contribution in [2.24, 2.45) is 0 Å². The molecular formula is C11H15NO3. The third-order valence-corrected chi connectivity index (χ3v) is 2.21. The van der Waals surface area contributed by atoms with Gasteiger partial charge in [0.25, 0.3) is 0 Å². The van der Waals surface area contributed by atoms with E-state index in [0.717, 1.165) is 11.3 Å². The van der Waals surface area contributed by atoms with E-state index in [1.807, 2.05) is 12.1 Å². The first-order valence-electron chi connectivity index (χ1n) is 4.78. The van der Waals surface area contributed by atoms with Crippen LogP contribution in [0.4, 0.5) is 5.69 Å². The van der Waals surface area contributed by atoms with Gasteiger partial charge in [0.2, 0.25) is 0 Å². The zero-order valence-electron chi connectivity index (χ0n) is 8.69. The van der Waals surface area contributed by atoms with Crippen molar-refractivity contribution in [3.05, 3.63) is 23.8 Å². The van der Waals surface area contributed by atoms with Gasteiger partial charge in [-0.3, -0.25) is 4.79 Å². The van der Waals surface area contributed by atoms with E-state index in [4.69, 9.17) is 15.6 Å². The fourth-order valence-electron chi connectivity index (χ4n) is 1.46. The summed E-state index contributed by atoms with van der Waals surface area (Å²) >= 11 is 0. The zero-order chi connectivity index (χ0) is 11.3. The molecule has 0 aromatic heterocycles. The molecule has 0 atom stereocenters. The van der Waals surface area contributed by atoms with Crippen LogP contribution in [-0.4, -0.2) is 18.2 Å². The van der Waals surface area contributed by atoms with Crippen LogP contribution in [0.5, 0.6) is 5.75 Å². The SMILES string of the molecule is COc1cccc(N)c1CCCC(=O)O. The Morgan fingerprint density at radius 3 is 2.87 bits per heavy atom. The highest BCUT2D eigenvalue weighted by Crippen LogP contribution is 2.25. The molecule has 0 radical (unpaired) electrons. The van der Waals surface area contributed by atoms with Crippen molar-refractivity contribution in [2.45, 2.75) is 19.3 Å². The second-order valence-corrected chi connectivity index (χ2v) is 3.28. The van der Waals surface area contributed by atoms with Gasteiger partial charge in [-0.25, -0.2) is 0 Å². The summed E-state index contributed by atoms with van der Waals surface area (Å²) in [4.78, 5) is 10.4. The number of carbonyl (C=O) groups is 1. The minimum Gasteiger partial charge on any atom is -0.496 e. The van der Waals surface area contributed by atoms with E-state index in [2.05, 4.69) is 0 Å². The minimum atomic E-state index is -0.788. The number of nitrogen functional groups attached to an aromatic ring is 1. The van der Waals surface area contributed by atoms with Crippen molar-refractivity contribution < 1.29 is 14.6 Å². The molecule has 4 heteroatoms. The Morgan fingerprint density at radius 2 is 2.27 bits per heavy atom. The topological polar surface area (TPSA) is 72.5 Å². The maximum absolute atomic E-state index is 10.4. The molecule has 15 heavy (non-hydrogen) atoms. The normalized spacial score (nSPS) is 9.93. The Kier molecular flexibility index (Phi) is 3.97. The summed E-state index contributed by atoms with van der Waals surface area (Å²) in [6, 6.07) is 5.43. The van der Waals surface area contributed by atoms with Crippen molar-refractivity contribution in [1.29, 1.82) is 0 Å². The summed E-state index contributed by atoms with van der Waals surface area (Å²) in [5.41, 5.74) is 7.33. The fraction of sp³-hybridized carbons (Fsp3) is 0.364. The summed E-state index contributed by atoms with van der Waals surface area (Å²) in [7, 11) is 1.58. The van der Waals surface area contributed by atoms with Crippen LogP contribution in [0.1, 0.15) is 18.4 Å². The third-order valence-electron chi connectivity index (χ3n) is 2.21. The highest BCUT2D eigenvalue weighted by Gasteiger charge is 2.07. The van der Waals surface area contributed by atoms with E-state index in [1.165, 1.54) is 0 Å². The Morgan fingerprint density at radius 1 is 1.53 bits per heavy atom. The van der Waals surface area contributed by atoms with Crippen LogP contribution in [0, 0.1) is 0 Å². The van der Waals surface area contributed by atoms with Crippen molar-refractivity contribution in [2.75, 3.05) is 12.8 Å². The van der Waals surface area contributed by atoms with Crippen molar-refractivity contribution in [3.63, 3.8) is 0 Å². The number of anilines is 1. The molecule has 1 aromatic rings. The van der Waals surface area contributed by atoms with E-state index >= 15 is 0 Å². The number of carboxylic acid groups (broad SMARTS) is 1. The molecule has 0 aliphatic heterocycles. The summed E-state index contributed by atoms with van der Waals surface area (Å²) in [5, 5.41) is 8.52. The van der Waals surface area contributed by atoms with E-state index in [1.54, 1.807) is 13.2 Å². The number of carboxylic acids is 1. The number of ether oxygens (including phenoxy) is 1. The molecule has 3 N–H and O–H groups in total. The second kappa shape index (κ2) is 5.24. The number of nitrogens with two attached hydrogens (primary N) is 1. The molecule has 0 saturated carbocycles. The van der Waals surface area contributed by atoms with Gasteiger partial charge in [-0.15, -0.1) is 0 Å². The van der Waals surface area contributed by atoms with E-state index in [9.17, 15) is 4.79 Å². The molecule has 0 bridgehead atoms. The zero-order valence-corrected chi connectivity index (χ0v) is 8.69. The summed E-state index contributed by atoms with van der Waals surface area (Å²) < 4.78 is 5.16. The van der Waals surface area contributed by atoms with E-state index < -0.39 is 5.97 Å². The predicted molar refractivity (Wildman–Crippen MR) is 58.0 cm³/mol. The largest absolute Gasteiger partial charge is 0.496 e. The monoisotopic (exact) mass is 209 g/mol. The molecule has 4 nitrogen and oxygen atoms in total. The predicted octanol–water partition coefficient (Wildman–Crippen LogP) is 1.68. The highest BCUT2D eigenvalue weighted by molar-refractivity contribution is 5.66. The maximum atomic E-state index is 10.4. The molecule has 0 aliphatic carbocycles. The van der Waals surface area contributed by atoms with Gasteiger partial charge in [0.15, 0.2) is 0 Å². The van der Waals surface area contributed by atoms with Crippen molar-refractivity contribution in [3.8, 4) is 5.75 Å². The molecular weight excluding hydrogens is 194 g/mol. The van der Waals surface area contributed by atoms with Gasteiger partial charge in [-0.05, 0) is 25.0 Å². The van der Waals surface area contributed by atoms with Crippen LogP contribution in [-0.2, 0) is 11.2 Å². The summed E-state index contributed by atoms with van der Waals surface area (Å²) in [5.74, 6) is -0.0659. The first-order chi connectivity index (χ1) is 7.15. The summed E-state index contributed by atoms with van der Waals surface area (Å²) in [6.45, 7) is 0. The Labute approximate surface area is 88.7 Å². The smallest absolute Gasteiger partial charge is 0.303 e. The van der Waals surface area contributed by atoms with Crippen LogP contribution in [0.25, 0.3) is 0 Å². The van der Waals surface area contributed by atoms with Crippen LogP contribution in [0.3, 0.4) is 0 Å². The van der Waals surface area contributed by atoms with E-state index in [0.29, 0.717) is 18.5 Å². The fourth-order valence-corrected chi connectivity index (χ4v) is 1.46. The van der Waals surface area contributed by atoms with Crippen LogP contribution < -0.4 is 10.5 Å². The maximum Gasteiger partial charge on any atom is 0.303 e. The molecule has 0 unspecified atom stereocenters. The van der Waals surface area contributed by atoms with Crippen LogP contribution >= 0.6 is 0 Å². The Hall–Kier alpha value is -1.71. The average molecular weight is 209 g/mol. The molecule has 1 aromatic carbocycles. The molecule has 0 amide bonds. The first kappa shape index (κ1) is 11.4. The standard InChI is InChI=1S/C11H15NO3/c1-15-10-6-3-5-9(12)8(10)4-2-7-11(13)14/h3,5-6H,2,4,7,12H2,1H3,(H,13,14). The van der Waals surface area contributed by atoms with Gasteiger partial charge in [0.05, 0.1) is 7.11 Å². The number of rotatable bonds is 5. The first-order valence-corrected chi connectivity index (χ1v) is 4.78. The number of benzene rings is 1. The van der Waals surface area contributed by atoms with Gasteiger partial charge in [-0.2, -0.15) is 0 Å². The average Bonchev–Trinajstić information content (AvgIpc) is 2.20. The molecule has 0 heterocycles. The van der Waals surface area contributed by atoms with Gasteiger partial charge in [0, 0.05) is 17.7 Å². The molecule has 0 aliphatic rings. The number of methoxy groups -OCH3 is 1. The van der Waals surface area contributed by atoms with Crippen LogP contribution in [0.2, 0.25) is 0 Å². The number of aliphatic carboxylic acids is 1. The van der Waals surface area contributed by atoms with Gasteiger partial charge < -0.3 is 15.6 Å². The highest BCUT2D eigenvalue weighted by atomic mass is 16.5. The van der Waals surface area contributed by atoms with Crippen molar-refractivity contribution >= 4 is 11.7 Å². The second-order valence-electron chi connectivity index (χ2n) is 3.28. The van der Waals surface area contributed by atoms with Gasteiger partial charge in [0.1, 0.15) is 5.75 Å². The Bertz CT molecular complexity index is 350. The lowest BCUT2D eigenvalue weighted by atomic mass is 10.1. The molecule has 82 valence electrons. The molecule has 1 rings (SSSR count). The van der Waals surface area contributed by atoms with Crippen molar-refractivity contribution in [1.82, 2.24) is 0 Å². The summed E-state index contributed by atoms with van der Waals surface area (Å²) in [6.07, 6.45) is 1.35. The number of hydrogen-bond acceptors (Lipinski definition) is 3. The van der Waals surface area contributed by atoms with E-state index in [-0.39, 0.29) is 6.42 Å². The third kappa shape index (κ3) is 3.16. The Balaban J connectivity index is 2.70.